The number of rotatable bonds is 19. The second-order valence-electron chi connectivity index (χ2n) is 10.6. The molecule has 0 aliphatic carbocycles. The van der Waals surface area contributed by atoms with E-state index in [1.165, 1.54) is 0 Å². The minimum atomic E-state index is -1.45. The van der Waals surface area contributed by atoms with E-state index >= 15 is 0 Å². The standard InChI is InChI=1S/C26H46N6O8/c1-7-16(6)22(32-23(36)17(27)10-14(2)3)26(39)31-18(11-15(4)5)25(38)30-19(12-20(28)34)24(37)29-13-21(35)40-9-8-33/h8,14-19,22H,7,9-13,27H2,1-6H3,(H2,28,34)(H,29,37)(H,30,38)(H,31,39)(H,32,36)/t16-,17-,18-,19-,22-/m0/s1. The average Bonchev–Trinajstić information content (AvgIpc) is 2.86. The highest BCUT2D eigenvalue weighted by Gasteiger charge is 2.33. The first-order valence-electron chi connectivity index (χ1n) is 13.4. The summed E-state index contributed by atoms with van der Waals surface area (Å²) in [6, 6.07) is -4.35. The third-order valence-corrected chi connectivity index (χ3v) is 5.95. The lowest BCUT2D eigenvalue weighted by atomic mass is 9.95. The Morgan fingerprint density at radius 2 is 1.38 bits per heavy atom. The summed E-state index contributed by atoms with van der Waals surface area (Å²) in [5.74, 6) is -4.73. The van der Waals surface area contributed by atoms with Gasteiger partial charge in [0.1, 0.15) is 31.3 Å². The minimum absolute atomic E-state index is 0.0665. The quantitative estimate of drug-likeness (QED) is 0.0794. The maximum atomic E-state index is 13.3. The van der Waals surface area contributed by atoms with Gasteiger partial charge in [-0.3, -0.25) is 33.6 Å². The molecule has 0 saturated heterocycles. The summed E-state index contributed by atoms with van der Waals surface area (Å²) in [5, 5.41) is 9.97. The maximum Gasteiger partial charge on any atom is 0.325 e. The van der Waals surface area contributed by atoms with Gasteiger partial charge in [0.05, 0.1) is 12.5 Å². The molecule has 0 fully saturated rings. The van der Waals surface area contributed by atoms with Gasteiger partial charge >= 0.3 is 5.97 Å². The van der Waals surface area contributed by atoms with Crippen molar-refractivity contribution in [2.24, 2.45) is 29.2 Å². The first-order chi connectivity index (χ1) is 18.6. The Balaban J connectivity index is 5.70. The summed E-state index contributed by atoms with van der Waals surface area (Å²) in [6.45, 7) is 10.0. The van der Waals surface area contributed by atoms with Gasteiger partial charge in [0, 0.05) is 0 Å². The highest BCUT2D eigenvalue weighted by molar-refractivity contribution is 5.96. The summed E-state index contributed by atoms with van der Waals surface area (Å²) in [6.07, 6.45) is 0.930. The van der Waals surface area contributed by atoms with Gasteiger partial charge in [0.2, 0.25) is 29.5 Å². The largest absolute Gasteiger partial charge is 0.457 e. The van der Waals surface area contributed by atoms with Crippen LogP contribution in [0.5, 0.6) is 0 Å². The van der Waals surface area contributed by atoms with Crippen LogP contribution in [0.1, 0.15) is 67.2 Å². The smallest absolute Gasteiger partial charge is 0.325 e. The molecule has 0 aromatic heterocycles. The van der Waals surface area contributed by atoms with Crippen molar-refractivity contribution in [2.75, 3.05) is 13.2 Å². The molecule has 0 unspecified atom stereocenters. The van der Waals surface area contributed by atoms with E-state index < -0.39 is 79.2 Å². The lowest BCUT2D eigenvalue weighted by Gasteiger charge is -2.29. The van der Waals surface area contributed by atoms with Crippen molar-refractivity contribution in [3.8, 4) is 0 Å². The number of hydrogen-bond donors (Lipinski definition) is 6. The van der Waals surface area contributed by atoms with Gasteiger partial charge < -0.3 is 37.5 Å². The number of primary amides is 1. The van der Waals surface area contributed by atoms with Crippen molar-refractivity contribution >= 4 is 41.8 Å². The van der Waals surface area contributed by atoms with Crippen LogP contribution in [0.4, 0.5) is 0 Å². The first-order valence-corrected chi connectivity index (χ1v) is 13.4. The van der Waals surface area contributed by atoms with Crippen LogP contribution in [0.2, 0.25) is 0 Å². The Hall–Kier alpha value is -3.55. The number of ether oxygens (including phenoxy) is 1. The van der Waals surface area contributed by atoms with Crippen molar-refractivity contribution in [3.63, 3.8) is 0 Å². The molecule has 0 heterocycles. The van der Waals surface area contributed by atoms with Gasteiger partial charge in [-0.2, -0.15) is 0 Å². The zero-order chi connectivity index (χ0) is 31.0. The molecule has 5 amide bonds. The Kier molecular flexibility index (Phi) is 17.0. The monoisotopic (exact) mass is 570 g/mol. The van der Waals surface area contributed by atoms with Gasteiger partial charge in [0.15, 0.2) is 6.29 Å². The molecule has 8 N–H and O–H groups in total. The van der Waals surface area contributed by atoms with E-state index in [-0.39, 0.29) is 24.2 Å². The number of hydrogen-bond acceptors (Lipinski definition) is 9. The minimum Gasteiger partial charge on any atom is -0.457 e. The number of nitrogens with one attached hydrogen (secondary N) is 4. The van der Waals surface area contributed by atoms with E-state index in [2.05, 4.69) is 26.0 Å². The number of carbonyl (C=O) groups excluding carboxylic acids is 7. The summed E-state index contributed by atoms with van der Waals surface area (Å²) in [7, 11) is 0. The molecule has 0 aliphatic heterocycles. The molecule has 14 heteroatoms. The second-order valence-corrected chi connectivity index (χ2v) is 10.6. The van der Waals surface area contributed by atoms with Crippen LogP contribution >= 0.6 is 0 Å². The molecule has 228 valence electrons. The summed E-state index contributed by atoms with van der Waals surface area (Å²) < 4.78 is 4.53. The molecule has 5 atom stereocenters. The Labute approximate surface area is 235 Å². The molecular formula is C26H46N6O8. The molecule has 0 rings (SSSR count). The van der Waals surface area contributed by atoms with Crippen molar-refractivity contribution in [3.05, 3.63) is 0 Å². The lowest BCUT2D eigenvalue weighted by Crippen LogP contribution is -2.59. The molecule has 0 spiro atoms. The zero-order valence-corrected chi connectivity index (χ0v) is 24.3. The predicted molar refractivity (Wildman–Crippen MR) is 146 cm³/mol. The number of esters is 1. The summed E-state index contributed by atoms with van der Waals surface area (Å²) in [4.78, 5) is 85.2. The molecule has 0 bridgehead atoms. The number of aldehydes is 1. The molecule has 0 radical (unpaired) electrons. The Morgan fingerprint density at radius 1 is 0.800 bits per heavy atom. The van der Waals surface area contributed by atoms with Crippen molar-refractivity contribution in [1.82, 2.24) is 21.3 Å². The SMILES string of the molecule is CC[C@H](C)[C@H](NC(=O)[C@@H](N)CC(C)C)C(=O)N[C@@H](CC(C)C)C(=O)N[C@@H](CC(N)=O)C(=O)NCC(=O)OCC=O. The van der Waals surface area contributed by atoms with Crippen molar-refractivity contribution in [2.45, 2.75) is 91.4 Å². The van der Waals surface area contributed by atoms with Gasteiger partial charge in [-0.15, -0.1) is 0 Å². The first kappa shape index (κ1) is 36.5. The fraction of sp³-hybridized carbons (Fsp3) is 0.731. The topological polar surface area (TPSA) is 229 Å². The zero-order valence-electron chi connectivity index (χ0n) is 24.3. The van der Waals surface area contributed by atoms with Gasteiger partial charge in [0.25, 0.3) is 0 Å². The lowest BCUT2D eigenvalue weighted by molar-refractivity contribution is -0.145. The average molecular weight is 571 g/mol. The third-order valence-electron chi connectivity index (χ3n) is 5.95. The molecule has 0 saturated carbocycles. The van der Waals surface area contributed by atoms with Gasteiger partial charge in [-0.25, -0.2) is 0 Å². The Morgan fingerprint density at radius 3 is 1.88 bits per heavy atom. The molecule has 14 nitrogen and oxygen atoms in total. The van der Waals surface area contributed by atoms with Crippen molar-refractivity contribution in [1.29, 1.82) is 0 Å². The van der Waals surface area contributed by atoms with E-state index in [1.807, 2.05) is 34.6 Å². The molecule has 0 aliphatic rings. The number of amides is 5. The fourth-order valence-corrected chi connectivity index (χ4v) is 3.68. The normalized spacial score (nSPS) is 14.7. The van der Waals surface area contributed by atoms with E-state index in [0.29, 0.717) is 19.1 Å². The van der Waals surface area contributed by atoms with Crippen LogP contribution in [-0.4, -0.2) is 79.1 Å². The fourth-order valence-electron chi connectivity index (χ4n) is 3.68. The maximum absolute atomic E-state index is 13.3. The third kappa shape index (κ3) is 14.6. The second kappa shape index (κ2) is 18.7. The summed E-state index contributed by atoms with van der Waals surface area (Å²) in [5.41, 5.74) is 11.2. The van der Waals surface area contributed by atoms with Crippen LogP contribution in [0, 0.1) is 17.8 Å². The van der Waals surface area contributed by atoms with Crippen LogP contribution in [0.15, 0.2) is 0 Å². The number of carbonyl (C=O) groups is 7. The number of nitrogens with two attached hydrogens (primary N) is 2. The highest BCUT2D eigenvalue weighted by atomic mass is 16.5. The van der Waals surface area contributed by atoms with Crippen LogP contribution in [-0.2, 0) is 38.3 Å². The van der Waals surface area contributed by atoms with E-state index in [9.17, 15) is 33.6 Å². The van der Waals surface area contributed by atoms with Crippen LogP contribution < -0.4 is 32.7 Å². The highest BCUT2D eigenvalue weighted by Crippen LogP contribution is 2.12. The molecule has 0 aromatic carbocycles. The van der Waals surface area contributed by atoms with E-state index in [0.717, 1.165) is 0 Å². The molecule has 40 heavy (non-hydrogen) atoms. The van der Waals surface area contributed by atoms with Gasteiger partial charge in [-0.05, 0) is 30.6 Å². The molecular weight excluding hydrogens is 524 g/mol. The van der Waals surface area contributed by atoms with Crippen LogP contribution in [0.3, 0.4) is 0 Å². The predicted octanol–water partition coefficient (Wildman–Crippen LogP) is -1.36. The van der Waals surface area contributed by atoms with Crippen molar-refractivity contribution < 1.29 is 38.3 Å². The Bertz CT molecular complexity index is 894. The van der Waals surface area contributed by atoms with Gasteiger partial charge in [-0.1, -0.05) is 48.0 Å². The summed E-state index contributed by atoms with van der Waals surface area (Å²) >= 11 is 0. The van der Waals surface area contributed by atoms with E-state index in [4.69, 9.17) is 11.5 Å². The van der Waals surface area contributed by atoms with Crippen LogP contribution in [0.25, 0.3) is 0 Å². The van der Waals surface area contributed by atoms with E-state index in [1.54, 1.807) is 6.92 Å². The molecule has 0 aromatic rings.